The predicted octanol–water partition coefficient (Wildman–Crippen LogP) is 4.38. The molecule has 160 valence electrons. The summed E-state index contributed by atoms with van der Waals surface area (Å²) in [5.41, 5.74) is 3.81. The average Bonchev–Trinajstić information content (AvgIpc) is 2.73. The minimum atomic E-state index is -4.16. The minimum Gasteiger partial charge on any atom is -0.495 e. The van der Waals surface area contributed by atoms with E-state index < -0.39 is 14.9 Å². The summed E-state index contributed by atoms with van der Waals surface area (Å²) < 4.78 is 33.8. The number of nitro benzene ring substituents is 1. The lowest BCUT2D eigenvalue weighted by molar-refractivity contribution is -0.385. The summed E-state index contributed by atoms with van der Waals surface area (Å²) in [6.07, 6.45) is 3.73. The van der Waals surface area contributed by atoms with Gasteiger partial charge in [0.05, 0.1) is 23.4 Å². The smallest absolute Gasteiger partial charge is 0.270 e. The van der Waals surface area contributed by atoms with E-state index in [4.69, 9.17) is 4.74 Å². The van der Waals surface area contributed by atoms with Crippen molar-refractivity contribution in [3.63, 3.8) is 0 Å². The molecule has 0 amide bonds. The largest absolute Gasteiger partial charge is 0.495 e. The van der Waals surface area contributed by atoms with Gasteiger partial charge in [0.2, 0.25) is 0 Å². The molecule has 0 aromatic heterocycles. The van der Waals surface area contributed by atoms with Crippen molar-refractivity contribution in [3.05, 3.63) is 52.6 Å². The van der Waals surface area contributed by atoms with E-state index in [0.717, 1.165) is 37.5 Å². The lowest BCUT2D eigenvalue weighted by Crippen LogP contribution is -2.17. The van der Waals surface area contributed by atoms with Crippen molar-refractivity contribution < 1.29 is 18.1 Å². The molecule has 0 saturated heterocycles. The Labute approximate surface area is 175 Å². The molecule has 0 aliphatic heterocycles. The number of benzene rings is 2. The van der Waals surface area contributed by atoms with Gasteiger partial charge in [-0.1, -0.05) is 19.1 Å². The molecule has 1 aliphatic carbocycles. The Bertz CT molecular complexity index is 1060. The third-order valence-electron chi connectivity index (χ3n) is 5.00. The highest BCUT2D eigenvalue weighted by Gasteiger charge is 2.24. The normalized spacial score (nSPS) is 16.6. The van der Waals surface area contributed by atoms with Crippen LogP contribution in [0.3, 0.4) is 0 Å². The van der Waals surface area contributed by atoms with E-state index in [1.54, 1.807) is 24.3 Å². The van der Waals surface area contributed by atoms with Gasteiger partial charge in [0, 0.05) is 17.8 Å². The maximum atomic E-state index is 13.1. The zero-order chi connectivity index (χ0) is 21.7. The molecule has 3 rings (SSSR count). The molecule has 10 heteroatoms. The number of nitrogens with one attached hydrogen (secondary N) is 2. The molecule has 0 atom stereocenters. The third-order valence-corrected chi connectivity index (χ3v) is 6.41. The van der Waals surface area contributed by atoms with Crippen LogP contribution in [0.25, 0.3) is 0 Å². The summed E-state index contributed by atoms with van der Waals surface area (Å²) in [5.74, 6) is 0.974. The summed E-state index contributed by atoms with van der Waals surface area (Å²) >= 11 is 0. The van der Waals surface area contributed by atoms with Crippen molar-refractivity contribution in [1.82, 2.24) is 0 Å². The SMILES string of the molecule is COc1ccccc1NS(=O)(=O)c1cc([N+](=O)[O-])ccc1NN=C1CCC(C)CC1. The Morgan fingerprint density at radius 3 is 2.50 bits per heavy atom. The van der Waals surface area contributed by atoms with E-state index in [1.165, 1.54) is 19.2 Å². The van der Waals surface area contributed by atoms with E-state index in [1.807, 2.05) is 0 Å². The molecule has 30 heavy (non-hydrogen) atoms. The summed E-state index contributed by atoms with van der Waals surface area (Å²) in [7, 11) is -2.74. The first-order chi connectivity index (χ1) is 14.3. The number of ether oxygens (including phenoxy) is 1. The van der Waals surface area contributed by atoms with Gasteiger partial charge in [-0.3, -0.25) is 20.3 Å². The first-order valence-electron chi connectivity index (χ1n) is 9.56. The number of hydrogen-bond acceptors (Lipinski definition) is 7. The van der Waals surface area contributed by atoms with E-state index >= 15 is 0 Å². The molecule has 0 radical (unpaired) electrons. The van der Waals surface area contributed by atoms with Crippen LogP contribution in [0, 0.1) is 16.0 Å². The van der Waals surface area contributed by atoms with Gasteiger partial charge in [0.15, 0.2) is 0 Å². The van der Waals surface area contributed by atoms with Gasteiger partial charge in [0.1, 0.15) is 10.6 Å². The van der Waals surface area contributed by atoms with Crippen LogP contribution in [0.15, 0.2) is 52.5 Å². The number of non-ortho nitro benzene ring substituents is 1. The van der Waals surface area contributed by atoms with Crippen LogP contribution < -0.4 is 14.9 Å². The number of nitrogens with zero attached hydrogens (tertiary/aromatic N) is 2. The second-order valence-corrected chi connectivity index (χ2v) is 8.87. The number of sulfonamides is 1. The van der Waals surface area contributed by atoms with Gasteiger partial charge in [0.25, 0.3) is 15.7 Å². The summed E-state index contributed by atoms with van der Waals surface area (Å²) in [4.78, 5) is 10.3. The number of nitro groups is 1. The summed E-state index contributed by atoms with van der Waals surface area (Å²) in [5, 5.41) is 15.6. The molecule has 1 fully saturated rings. The maximum Gasteiger partial charge on any atom is 0.270 e. The second kappa shape index (κ2) is 9.12. The Morgan fingerprint density at radius 2 is 1.83 bits per heavy atom. The maximum absolute atomic E-state index is 13.1. The Hall–Kier alpha value is -3.14. The number of methoxy groups -OCH3 is 1. The van der Waals surface area contributed by atoms with Gasteiger partial charge in [-0.05, 0) is 49.8 Å². The first kappa shape index (κ1) is 21.6. The third kappa shape index (κ3) is 5.07. The number of anilines is 2. The van der Waals surface area contributed by atoms with E-state index in [0.29, 0.717) is 11.7 Å². The van der Waals surface area contributed by atoms with Crippen LogP contribution in [0.2, 0.25) is 0 Å². The predicted molar refractivity (Wildman–Crippen MR) is 116 cm³/mol. The van der Waals surface area contributed by atoms with Gasteiger partial charge < -0.3 is 4.74 Å². The second-order valence-electron chi connectivity index (χ2n) is 7.22. The highest BCUT2D eigenvalue weighted by atomic mass is 32.2. The summed E-state index contributed by atoms with van der Waals surface area (Å²) in [6, 6.07) is 10.1. The first-order valence-corrected chi connectivity index (χ1v) is 11.0. The van der Waals surface area contributed by atoms with Crippen molar-refractivity contribution in [2.45, 2.75) is 37.5 Å². The van der Waals surface area contributed by atoms with Crippen LogP contribution in [-0.4, -0.2) is 26.2 Å². The molecule has 2 N–H and O–H groups in total. The number of hydrogen-bond donors (Lipinski definition) is 2. The molecule has 2 aromatic carbocycles. The molecule has 0 heterocycles. The minimum absolute atomic E-state index is 0.161. The van der Waals surface area contributed by atoms with Crippen LogP contribution in [0.4, 0.5) is 17.1 Å². The topological polar surface area (TPSA) is 123 Å². The van der Waals surface area contributed by atoms with Crippen LogP contribution >= 0.6 is 0 Å². The summed E-state index contributed by atoms with van der Waals surface area (Å²) in [6.45, 7) is 2.19. The molecule has 0 spiro atoms. The number of rotatable bonds is 7. The van der Waals surface area contributed by atoms with E-state index in [2.05, 4.69) is 22.2 Å². The average molecular weight is 433 g/mol. The highest BCUT2D eigenvalue weighted by molar-refractivity contribution is 7.93. The van der Waals surface area contributed by atoms with Crippen LogP contribution in [-0.2, 0) is 10.0 Å². The monoisotopic (exact) mass is 432 g/mol. The van der Waals surface area contributed by atoms with Gasteiger partial charge >= 0.3 is 0 Å². The fourth-order valence-corrected chi connectivity index (χ4v) is 4.46. The fourth-order valence-electron chi connectivity index (χ4n) is 3.21. The quantitative estimate of drug-likeness (QED) is 0.494. The Kier molecular flexibility index (Phi) is 6.56. The van der Waals surface area contributed by atoms with Crippen molar-refractivity contribution in [2.24, 2.45) is 11.0 Å². The van der Waals surface area contributed by atoms with Crippen molar-refractivity contribution in [3.8, 4) is 5.75 Å². The fraction of sp³-hybridized carbons (Fsp3) is 0.350. The lowest BCUT2D eigenvalue weighted by Gasteiger charge is -2.19. The lowest BCUT2D eigenvalue weighted by atomic mass is 9.90. The van der Waals surface area contributed by atoms with Crippen molar-refractivity contribution in [2.75, 3.05) is 17.3 Å². The van der Waals surface area contributed by atoms with Crippen molar-refractivity contribution in [1.29, 1.82) is 0 Å². The number of para-hydroxylation sites is 2. The Balaban J connectivity index is 1.95. The highest BCUT2D eigenvalue weighted by Crippen LogP contribution is 2.31. The Morgan fingerprint density at radius 1 is 1.13 bits per heavy atom. The van der Waals surface area contributed by atoms with Crippen LogP contribution in [0.1, 0.15) is 32.6 Å². The molecule has 1 aliphatic rings. The van der Waals surface area contributed by atoms with E-state index in [9.17, 15) is 18.5 Å². The van der Waals surface area contributed by atoms with Crippen molar-refractivity contribution >= 4 is 32.8 Å². The standard InChI is InChI=1S/C20H24N4O5S/c1-14-7-9-15(10-8-14)21-22-18-12-11-16(24(25)26)13-20(18)30(27,28)23-17-5-3-4-6-19(17)29-2/h3-6,11-14,22-23H,7-10H2,1-2H3. The molecule has 1 saturated carbocycles. The molecule has 0 unspecified atom stereocenters. The zero-order valence-electron chi connectivity index (χ0n) is 16.8. The van der Waals surface area contributed by atoms with E-state index in [-0.39, 0.29) is 22.0 Å². The van der Waals surface area contributed by atoms with Gasteiger partial charge in [-0.2, -0.15) is 5.10 Å². The zero-order valence-corrected chi connectivity index (χ0v) is 17.6. The van der Waals surface area contributed by atoms with Gasteiger partial charge in [-0.15, -0.1) is 0 Å². The molecule has 2 aromatic rings. The van der Waals surface area contributed by atoms with Crippen LogP contribution in [0.5, 0.6) is 5.75 Å². The number of hydrazone groups is 1. The molecular weight excluding hydrogens is 408 g/mol. The van der Waals surface area contributed by atoms with Gasteiger partial charge in [-0.25, -0.2) is 8.42 Å². The molecule has 9 nitrogen and oxygen atoms in total. The molecule has 0 bridgehead atoms. The molecular formula is C20H24N4O5S.